The Morgan fingerprint density at radius 1 is 1.55 bits per heavy atom. The van der Waals surface area contributed by atoms with Gasteiger partial charge in [-0.1, -0.05) is 0 Å². The average molecular weight is 152 g/mol. The van der Waals surface area contributed by atoms with E-state index >= 15 is 0 Å². The van der Waals surface area contributed by atoms with Crippen LogP contribution in [-0.4, -0.2) is 19.3 Å². The van der Waals surface area contributed by atoms with Gasteiger partial charge in [0.25, 0.3) is 5.56 Å². The monoisotopic (exact) mass is 152 g/mol. The van der Waals surface area contributed by atoms with E-state index in [0.29, 0.717) is 11.2 Å². The molecule has 0 fully saturated rings. The summed E-state index contributed by atoms with van der Waals surface area (Å²) in [7, 11) is 3.56. The van der Waals surface area contributed by atoms with Gasteiger partial charge in [-0.15, -0.1) is 0 Å². The Balaban J connectivity index is 3.10. The Kier molecular flexibility index (Phi) is 0.986. The van der Waals surface area contributed by atoms with Crippen molar-refractivity contribution in [2.24, 2.45) is 14.1 Å². The SMILES string of the molecule is Cn1cnc2c1c(=O)[nH]n2C. The fourth-order valence-electron chi connectivity index (χ4n) is 1.18. The Bertz CT molecular complexity index is 447. The molecule has 2 rings (SSSR count). The fourth-order valence-corrected chi connectivity index (χ4v) is 1.18. The smallest absolute Gasteiger partial charge is 0.290 e. The van der Waals surface area contributed by atoms with Crippen LogP contribution in [0.25, 0.3) is 11.2 Å². The molecule has 2 aromatic rings. The Labute approximate surface area is 62.3 Å². The topological polar surface area (TPSA) is 55.6 Å². The highest BCUT2D eigenvalue weighted by molar-refractivity contribution is 5.69. The lowest BCUT2D eigenvalue weighted by atomic mass is 10.6. The lowest BCUT2D eigenvalue weighted by molar-refractivity contribution is 0.770. The molecule has 0 amide bonds. The van der Waals surface area contributed by atoms with Crippen molar-refractivity contribution in [1.29, 1.82) is 0 Å². The van der Waals surface area contributed by atoms with E-state index in [2.05, 4.69) is 10.1 Å². The van der Waals surface area contributed by atoms with Crippen LogP contribution in [0.3, 0.4) is 0 Å². The maximum Gasteiger partial charge on any atom is 0.290 e. The second-order valence-electron chi connectivity index (χ2n) is 2.53. The molecule has 2 aromatic heterocycles. The number of rotatable bonds is 0. The zero-order valence-electron chi connectivity index (χ0n) is 6.33. The van der Waals surface area contributed by atoms with Gasteiger partial charge in [-0.3, -0.25) is 14.6 Å². The van der Waals surface area contributed by atoms with Crippen molar-refractivity contribution in [1.82, 2.24) is 19.3 Å². The van der Waals surface area contributed by atoms with Crippen LogP contribution in [0.1, 0.15) is 0 Å². The number of aromatic amines is 1. The van der Waals surface area contributed by atoms with Crippen LogP contribution in [0, 0.1) is 0 Å². The van der Waals surface area contributed by atoms with E-state index in [1.165, 1.54) is 0 Å². The summed E-state index contributed by atoms with van der Waals surface area (Å²) in [5.41, 5.74) is 1.22. The van der Waals surface area contributed by atoms with Crippen molar-refractivity contribution >= 4 is 11.2 Å². The largest absolute Gasteiger partial charge is 0.328 e. The van der Waals surface area contributed by atoms with Gasteiger partial charge in [0.2, 0.25) is 0 Å². The molecule has 5 heteroatoms. The van der Waals surface area contributed by atoms with Crippen LogP contribution in [-0.2, 0) is 14.1 Å². The number of fused-ring (bicyclic) bond motifs is 1. The highest BCUT2D eigenvalue weighted by Gasteiger charge is 2.07. The Morgan fingerprint density at radius 3 is 2.91 bits per heavy atom. The molecular weight excluding hydrogens is 144 g/mol. The first kappa shape index (κ1) is 6.21. The maximum absolute atomic E-state index is 11.1. The van der Waals surface area contributed by atoms with E-state index in [-0.39, 0.29) is 5.56 Å². The van der Waals surface area contributed by atoms with Crippen molar-refractivity contribution in [3.05, 3.63) is 16.7 Å². The number of nitrogens with one attached hydrogen (secondary N) is 1. The standard InChI is InChI=1S/C6H8N4O/c1-9-3-7-5-4(9)6(11)8-10(5)2/h3H,1-2H3,(H,8,11). The zero-order chi connectivity index (χ0) is 8.01. The molecule has 0 bridgehead atoms. The molecule has 5 nitrogen and oxygen atoms in total. The summed E-state index contributed by atoms with van der Waals surface area (Å²) in [6.07, 6.45) is 1.62. The van der Waals surface area contributed by atoms with Crippen LogP contribution in [0.2, 0.25) is 0 Å². The van der Waals surface area contributed by atoms with Crippen LogP contribution < -0.4 is 5.56 Å². The molecule has 0 aliphatic carbocycles. The van der Waals surface area contributed by atoms with Gasteiger partial charge < -0.3 is 4.57 Å². The van der Waals surface area contributed by atoms with Gasteiger partial charge in [-0.25, -0.2) is 4.98 Å². The van der Waals surface area contributed by atoms with Gasteiger partial charge in [0.05, 0.1) is 6.33 Å². The summed E-state index contributed by atoms with van der Waals surface area (Å²) >= 11 is 0. The average Bonchev–Trinajstić information content (AvgIpc) is 2.41. The first-order valence-corrected chi connectivity index (χ1v) is 3.26. The van der Waals surface area contributed by atoms with Crippen LogP contribution in [0.15, 0.2) is 11.1 Å². The highest BCUT2D eigenvalue weighted by atomic mass is 16.1. The normalized spacial score (nSPS) is 11.1. The van der Waals surface area contributed by atoms with Crippen molar-refractivity contribution < 1.29 is 0 Å². The predicted octanol–water partition coefficient (Wildman–Crippen LogP) is -0.400. The number of aromatic nitrogens is 4. The second-order valence-corrected chi connectivity index (χ2v) is 2.53. The Hall–Kier alpha value is -1.52. The number of nitrogens with zero attached hydrogens (tertiary/aromatic N) is 3. The van der Waals surface area contributed by atoms with Crippen LogP contribution >= 0.6 is 0 Å². The van der Waals surface area contributed by atoms with Crippen LogP contribution in [0.5, 0.6) is 0 Å². The van der Waals surface area contributed by atoms with Gasteiger partial charge in [-0.05, 0) is 0 Å². The molecule has 0 atom stereocenters. The molecule has 0 spiro atoms. The maximum atomic E-state index is 11.1. The summed E-state index contributed by atoms with van der Waals surface area (Å²) < 4.78 is 3.31. The molecule has 1 N–H and O–H groups in total. The summed E-state index contributed by atoms with van der Waals surface area (Å²) in [4.78, 5) is 15.2. The summed E-state index contributed by atoms with van der Waals surface area (Å²) in [5, 5.41) is 2.61. The number of H-pyrrole nitrogens is 1. The molecule has 0 saturated heterocycles. The molecular formula is C6H8N4O. The van der Waals surface area contributed by atoms with Gasteiger partial charge in [0, 0.05) is 14.1 Å². The minimum Gasteiger partial charge on any atom is -0.328 e. The second kappa shape index (κ2) is 1.75. The first-order chi connectivity index (χ1) is 5.20. The van der Waals surface area contributed by atoms with E-state index in [9.17, 15) is 4.79 Å². The minimum absolute atomic E-state index is 0.0949. The van der Waals surface area contributed by atoms with Crippen molar-refractivity contribution in [2.45, 2.75) is 0 Å². The molecule has 0 radical (unpaired) electrons. The quantitative estimate of drug-likeness (QED) is 0.558. The lowest BCUT2D eigenvalue weighted by Gasteiger charge is -1.84. The molecule has 0 aromatic carbocycles. The molecule has 0 aliphatic heterocycles. The molecule has 0 aliphatic rings. The summed E-state index contributed by atoms with van der Waals surface area (Å²) in [6, 6.07) is 0. The Morgan fingerprint density at radius 2 is 2.27 bits per heavy atom. The summed E-state index contributed by atoms with van der Waals surface area (Å²) in [6.45, 7) is 0. The molecule has 0 unspecified atom stereocenters. The van der Waals surface area contributed by atoms with Gasteiger partial charge in [-0.2, -0.15) is 0 Å². The van der Waals surface area contributed by atoms with Gasteiger partial charge in [0.15, 0.2) is 11.2 Å². The predicted molar refractivity (Wildman–Crippen MR) is 40.3 cm³/mol. The van der Waals surface area contributed by atoms with Crippen molar-refractivity contribution in [3.8, 4) is 0 Å². The lowest BCUT2D eigenvalue weighted by Crippen LogP contribution is -2.05. The van der Waals surface area contributed by atoms with Crippen LogP contribution in [0.4, 0.5) is 0 Å². The zero-order valence-corrected chi connectivity index (χ0v) is 6.33. The summed E-state index contributed by atoms with van der Waals surface area (Å²) in [5.74, 6) is 0. The van der Waals surface area contributed by atoms with Gasteiger partial charge >= 0.3 is 0 Å². The fraction of sp³-hybridized carbons (Fsp3) is 0.333. The first-order valence-electron chi connectivity index (χ1n) is 3.26. The number of hydrogen-bond donors (Lipinski definition) is 1. The molecule has 58 valence electrons. The van der Waals surface area contributed by atoms with E-state index in [0.717, 1.165) is 0 Å². The van der Waals surface area contributed by atoms with Crippen molar-refractivity contribution in [2.75, 3.05) is 0 Å². The third kappa shape index (κ3) is 0.646. The minimum atomic E-state index is -0.0949. The van der Waals surface area contributed by atoms with Crippen molar-refractivity contribution in [3.63, 3.8) is 0 Å². The molecule has 2 heterocycles. The third-order valence-electron chi connectivity index (χ3n) is 1.72. The number of hydrogen-bond acceptors (Lipinski definition) is 2. The number of imidazole rings is 1. The van der Waals surface area contributed by atoms with E-state index in [4.69, 9.17) is 0 Å². The number of aryl methyl sites for hydroxylation is 2. The third-order valence-corrected chi connectivity index (χ3v) is 1.72. The van der Waals surface area contributed by atoms with Gasteiger partial charge in [0.1, 0.15) is 0 Å². The molecule has 0 saturated carbocycles. The highest BCUT2D eigenvalue weighted by Crippen LogP contribution is 2.02. The van der Waals surface area contributed by atoms with E-state index in [1.807, 2.05) is 0 Å². The van der Waals surface area contributed by atoms with E-state index < -0.39 is 0 Å². The molecule has 11 heavy (non-hydrogen) atoms. The van der Waals surface area contributed by atoms with E-state index in [1.54, 1.807) is 29.7 Å².